The first-order chi connectivity index (χ1) is 13.4. The fraction of sp³-hybridized carbons (Fsp3) is 0.350. The molecule has 1 fully saturated rings. The van der Waals surface area contributed by atoms with E-state index in [9.17, 15) is 13.2 Å². The number of thioether (sulfide) groups is 1. The van der Waals surface area contributed by atoms with Crippen LogP contribution in [0.4, 0.5) is 5.69 Å². The van der Waals surface area contributed by atoms with Crippen LogP contribution >= 0.6 is 23.4 Å². The van der Waals surface area contributed by atoms with E-state index in [-0.39, 0.29) is 10.8 Å². The second-order valence-corrected chi connectivity index (χ2v) is 9.98. The van der Waals surface area contributed by atoms with Crippen LogP contribution < -0.4 is 9.62 Å². The topological polar surface area (TPSA) is 66.5 Å². The molecule has 2 aromatic rings. The van der Waals surface area contributed by atoms with Gasteiger partial charge in [0.15, 0.2) is 0 Å². The lowest BCUT2D eigenvalue weighted by Crippen LogP contribution is -2.27. The maximum absolute atomic E-state index is 12.5. The number of benzene rings is 2. The lowest BCUT2D eigenvalue weighted by Gasteiger charge is -2.19. The fourth-order valence-electron chi connectivity index (χ4n) is 3.10. The van der Waals surface area contributed by atoms with Crippen molar-refractivity contribution in [1.82, 2.24) is 4.72 Å². The zero-order chi connectivity index (χ0) is 20.1. The number of nitrogens with zero attached hydrogens (tertiary/aromatic N) is 1. The van der Waals surface area contributed by atoms with Gasteiger partial charge in [-0.05, 0) is 54.8 Å². The largest absolute Gasteiger partial charge is 0.312 e. The Kier molecular flexibility index (Phi) is 7.04. The molecular weight excluding hydrogens is 416 g/mol. The molecule has 8 heteroatoms. The summed E-state index contributed by atoms with van der Waals surface area (Å²) in [4.78, 5) is 13.9. The van der Waals surface area contributed by atoms with Gasteiger partial charge in [0.2, 0.25) is 15.9 Å². The minimum Gasteiger partial charge on any atom is -0.312 e. The highest BCUT2D eigenvalue weighted by molar-refractivity contribution is 7.98. The second-order valence-electron chi connectivity index (χ2n) is 6.67. The Labute approximate surface area is 175 Å². The number of hydrogen-bond donors (Lipinski definition) is 1. The lowest BCUT2D eigenvalue weighted by molar-refractivity contribution is -0.117. The first kappa shape index (κ1) is 21.2. The van der Waals surface area contributed by atoms with E-state index in [1.54, 1.807) is 34.9 Å². The number of hydrogen-bond acceptors (Lipinski definition) is 4. The van der Waals surface area contributed by atoms with Crippen molar-refractivity contribution in [2.45, 2.75) is 30.4 Å². The van der Waals surface area contributed by atoms with Crippen molar-refractivity contribution in [2.75, 3.05) is 23.7 Å². The molecule has 1 aliphatic rings. The smallest absolute Gasteiger partial charge is 0.240 e. The maximum atomic E-state index is 12.5. The average molecular weight is 439 g/mol. The molecule has 1 amide bonds. The number of anilines is 1. The maximum Gasteiger partial charge on any atom is 0.240 e. The van der Waals surface area contributed by atoms with Crippen LogP contribution in [0.15, 0.2) is 47.4 Å². The van der Waals surface area contributed by atoms with Gasteiger partial charge < -0.3 is 4.90 Å². The molecule has 0 atom stereocenters. The van der Waals surface area contributed by atoms with Crippen LogP contribution in [0.5, 0.6) is 0 Å². The standard InChI is InChI=1S/C20H23ClN2O3S2/c1-15-13-18(8-9-19(15)23-11-2-3-20(23)24)28(25,26)22-10-12-27-14-16-4-6-17(21)7-5-16/h4-9,13,22H,2-3,10-12,14H2,1H3. The van der Waals surface area contributed by atoms with Gasteiger partial charge in [-0.3, -0.25) is 4.79 Å². The Bertz CT molecular complexity index is 946. The summed E-state index contributed by atoms with van der Waals surface area (Å²) in [5.41, 5.74) is 2.73. The molecule has 1 heterocycles. The molecule has 0 aliphatic carbocycles. The molecule has 0 aromatic heterocycles. The number of sulfonamides is 1. The van der Waals surface area contributed by atoms with Crippen molar-refractivity contribution >= 4 is 45.0 Å². The van der Waals surface area contributed by atoms with Gasteiger partial charge in [-0.15, -0.1) is 0 Å². The van der Waals surface area contributed by atoms with Gasteiger partial charge in [0.25, 0.3) is 0 Å². The summed E-state index contributed by atoms with van der Waals surface area (Å²) < 4.78 is 27.7. The Balaban J connectivity index is 1.53. The van der Waals surface area contributed by atoms with Gasteiger partial charge in [-0.25, -0.2) is 13.1 Å². The summed E-state index contributed by atoms with van der Waals surface area (Å²) in [6.45, 7) is 2.88. The second kappa shape index (κ2) is 9.31. The normalized spacial score (nSPS) is 14.6. The SMILES string of the molecule is Cc1cc(S(=O)(=O)NCCSCc2ccc(Cl)cc2)ccc1N1CCCC1=O. The Morgan fingerprint density at radius 1 is 1.18 bits per heavy atom. The third kappa shape index (κ3) is 5.29. The fourth-order valence-corrected chi connectivity index (χ4v) is 5.29. The van der Waals surface area contributed by atoms with Gasteiger partial charge in [0.1, 0.15) is 0 Å². The number of nitrogens with one attached hydrogen (secondary N) is 1. The monoisotopic (exact) mass is 438 g/mol. The molecule has 0 unspecified atom stereocenters. The molecular formula is C20H23ClN2O3S2. The Morgan fingerprint density at radius 2 is 1.93 bits per heavy atom. The number of aryl methyl sites for hydroxylation is 1. The quantitative estimate of drug-likeness (QED) is 0.633. The van der Waals surface area contributed by atoms with E-state index >= 15 is 0 Å². The number of carbonyl (C=O) groups is 1. The minimum atomic E-state index is -3.57. The van der Waals surface area contributed by atoms with E-state index in [0.717, 1.165) is 29.0 Å². The van der Waals surface area contributed by atoms with E-state index in [1.165, 1.54) is 0 Å². The molecule has 3 rings (SSSR count). The molecule has 2 aromatic carbocycles. The van der Waals surface area contributed by atoms with Crippen LogP contribution in [0.3, 0.4) is 0 Å². The van der Waals surface area contributed by atoms with Crippen molar-refractivity contribution in [3.63, 3.8) is 0 Å². The summed E-state index contributed by atoms with van der Waals surface area (Å²) in [6, 6.07) is 12.6. The summed E-state index contributed by atoms with van der Waals surface area (Å²) in [6.07, 6.45) is 1.39. The van der Waals surface area contributed by atoms with Gasteiger partial charge in [0, 0.05) is 41.7 Å². The molecule has 1 saturated heterocycles. The molecule has 1 aliphatic heterocycles. The Hall–Kier alpha value is -1.54. The Morgan fingerprint density at radius 3 is 2.57 bits per heavy atom. The number of rotatable bonds is 8. The molecule has 28 heavy (non-hydrogen) atoms. The van der Waals surface area contributed by atoms with E-state index in [1.807, 2.05) is 31.2 Å². The highest BCUT2D eigenvalue weighted by Crippen LogP contribution is 2.27. The lowest BCUT2D eigenvalue weighted by atomic mass is 10.2. The number of halogens is 1. The van der Waals surface area contributed by atoms with Gasteiger partial charge >= 0.3 is 0 Å². The van der Waals surface area contributed by atoms with Crippen LogP contribution in [0.1, 0.15) is 24.0 Å². The number of amides is 1. The molecule has 0 spiro atoms. The summed E-state index contributed by atoms with van der Waals surface area (Å²) in [5.74, 6) is 1.56. The average Bonchev–Trinajstić information content (AvgIpc) is 3.08. The summed E-state index contributed by atoms with van der Waals surface area (Å²) in [5, 5.41) is 0.705. The van der Waals surface area contributed by atoms with Gasteiger partial charge in [-0.2, -0.15) is 11.8 Å². The van der Waals surface area contributed by atoms with Gasteiger partial charge in [0.05, 0.1) is 4.90 Å². The van der Waals surface area contributed by atoms with Crippen molar-refractivity contribution in [3.05, 3.63) is 58.6 Å². The van der Waals surface area contributed by atoms with Crippen LogP contribution in [0.25, 0.3) is 0 Å². The highest BCUT2D eigenvalue weighted by Gasteiger charge is 2.24. The third-order valence-electron chi connectivity index (χ3n) is 4.56. The molecule has 5 nitrogen and oxygen atoms in total. The van der Waals surface area contributed by atoms with Crippen LogP contribution in [0, 0.1) is 6.92 Å². The zero-order valence-electron chi connectivity index (χ0n) is 15.7. The predicted molar refractivity (Wildman–Crippen MR) is 116 cm³/mol. The first-order valence-corrected chi connectivity index (χ1v) is 12.1. The zero-order valence-corrected chi connectivity index (χ0v) is 18.0. The summed E-state index contributed by atoms with van der Waals surface area (Å²) >= 11 is 7.52. The van der Waals surface area contributed by atoms with Crippen molar-refractivity contribution < 1.29 is 13.2 Å². The minimum absolute atomic E-state index is 0.0922. The van der Waals surface area contributed by atoms with Gasteiger partial charge in [-0.1, -0.05) is 23.7 Å². The van der Waals surface area contributed by atoms with E-state index in [4.69, 9.17) is 11.6 Å². The van der Waals surface area contributed by atoms with E-state index in [0.29, 0.717) is 30.3 Å². The predicted octanol–water partition coefficient (Wildman–Crippen LogP) is 3.99. The molecule has 1 N–H and O–H groups in total. The van der Waals surface area contributed by atoms with E-state index in [2.05, 4.69) is 4.72 Å². The van der Waals surface area contributed by atoms with Crippen LogP contribution in [-0.2, 0) is 20.6 Å². The number of carbonyl (C=O) groups excluding carboxylic acids is 1. The third-order valence-corrected chi connectivity index (χ3v) is 7.30. The molecule has 0 radical (unpaired) electrons. The van der Waals surface area contributed by atoms with Crippen molar-refractivity contribution in [3.8, 4) is 0 Å². The van der Waals surface area contributed by atoms with Crippen molar-refractivity contribution in [2.24, 2.45) is 0 Å². The molecule has 0 bridgehead atoms. The summed E-state index contributed by atoms with van der Waals surface area (Å²) in [7, 11) is -3.57. The van der Waals surface area contributed by atoms with E-state index < -0.39 is 10.0 Å². The van der Waals surface area contributed by atoms with Crippen molar-refractivity contribution in [1.29, 1.82) is 0 Å². The molecule has 150 valence electrons. The van der Waals surface area contributed by atoms with Crippen LogP contribution in [0.2, 0.25) is 5.02 Å². The van der Waals surface area contributed by atoms with Crippen LogP contribution in [-0.4, -0.2) is 33.2 Å². The highest BCUT2D eigenvalue weighted by atomic mass is 35.5. The first-order valence-electron chi connectivity index (χ1n) is 9.10. The molecule has 0 saturated carbocycles.